The van der Waals surface area contributed by atoms with Crippen LogP contribution in [0.5, 0.6) is 0 Å². The first-order chi connectivity index (χ1) is 10.1. The normalized spacial score (nSPS) is 21.2. The van der Waals surface area contributed by atoms with Crippen molar-refractivity contribution >= 4 is 17.4 Å². The average Bonchev–Trinajstić information content (AvgIpc) is 2.87. The van der Waals surface area contributed by atoms with Gasteiger partial charge < -0.3 is 20.2 Å². The number of hydrogen-bond acceptors (Lipinski definition) is 5. The smallest absolute Gasteiger partial charge is 0.317 e. The van der Waals surface area contributed by atoms with E-state index in [1.807, 2.05) is 4.90 Å². The molecule has 0 aromatic heterocycles. The van der Waals surface area contributed by atoms with Crippen molar-refractivity contribution < 1.29 is 14.8 Å². The highest BCUT2D eigenvalue weighted by molar-refractivity contribution is 5.77. The molecule has 2 saturated heterocycles. The molecule has 0 aliphatic carbocycles. The molecule has 2 fully saturated rings. The molecule has 21 heavy (non-hydrogen) atoms. The van der Waals surface area contributed by atoms with Crippen LogP contribution < -0.4 is 10.2 Å². The zero-order valence-electron chi connectivity index (χ0n) is 11.4. The van der Waals surface area contributed by atoms with Gasteiger partial charge in [-0.15, -0.1) is 0 Å². The highest BCUT2D eigenvalue weighted by Gasteiger charge is 2.36. The maximum absolute atomic E-state index is 11.6. The van der Waals surface area contributed by atoms with Gasteiger partial charge in [0.15, 0.2) is 0 Å². The summed E-state index contributed by atoms with van der Waals surface area (Å²) in [6.07, 6.45) is 0. The fraction of sp³-hybridized carbons (Fsp3) is 0.462. The second-order valence-corrected chi connectivity index (χ2v) is 5.22. The van der Waals surface area contributed by atoms with Crippen LogP contribution in [0, 0.1) is 10.1 Å². The van der Waals surface area contributed by atoms with Gasteiger partial charge in [0.2, 0.25) is 0 Å². The van der Waals surface area contributed by atoms with Crippen molar-refractivity contribution in [2.24, 2.45) is 0 Å². The number of nitro benzene ring substituents is 1. The highest BCUT2D eigenvalue weighted by atomic mass is 16.6. The molecule has 1 aromatic rings. The fourth-order valence-electron chi connectivity index (χ4n) is 2.90. The average molecular weight is 292 g/mol. The van der Waals surface area contributed by atoms with E-state index in [2.05, 4.69) is 5.32 Å². The Balaban J connectivity index is 1.87. The number of hydrogen-bond donors (Lipinski definition) is 2. The van der Waals surface area contributed by atoms with Crippen molar-refractivity contribution in [1.82, 2.24) is 10.2 Å². The molecule has 0 radical (unpaired) electrons. The Morgan fingerprint density at radius 1 is 1.43 bits per heavy atom. The minimum Gasteiger partial charge on any atom is -0.392 e. The molecular formula is C13H16N4O4. The van der Waals surface area contributed by atoms with Crippen LogP contribution in [-0.4, -0.2) is 53.2 Å². The van der Waals surface area contributed by atoms with Gasteiger partial charge in [-0.25, -0.2) is 4.79 Å². The minimum atomic E-state index is -0.432. The Labute approximate surface area is 121 Å². The van der Waals surface area contributed by atoms with Crippen LogP contribution in [0.25, 0.3) is 0 Å². The van der Waals surface area contributed by atoms with Crippen molar-refractivity contribution in [2.75, 3.05) is 31.1 Å². The van der Waals surface area contributed by atoms with Crippen LogP contribution in [0.3, 0.4) is 0 Å². The predicted octanol–water partition coefficient (Wildman–Crippen LogP) is 0.301. The van der Waals surface area contributed by atoms with Gasteiger partial charge in [0.1, 0.15) is 5.69 Å². The van der Waals surface area contributed by atoms with Crippen LogP contribution in [-0.2, 0) is 6.61 Å². The first-order valence-corrected chi connectivity index (χ1v) is 6.77. The number of urea groups is 1. The number of nitrogens with one attached hydrogen (secondary N) is 1. The number of aliphatic hydroxyl groups is 1. The molecule has 0 spiro atoms. The molecule has 2 amide bonds. The van der Waals surface area contributed by atoms with Crippen molar-refractivity contribution in [3.8, 4) is 0 Å². The van der Waals surface area contributed by atoms with Crippen LogP contribution >= 0.6 is 0 Å². The summed E-state index contributed by atoms with van der Waals surface area (Å²) in [6, 6.07) is 4.74. The Morgan fingerprint density at radius 2 is 2.24 bits per heavy atom. The number of piperazine rings is 1. The van der Waals surface area contributed by atoms with Crippen molar-refractivity contribution in [3.63, 3.8) is 0 Å². The first-order valence-electron chi connectivity index (χ1n) is 6.77. The quantitative estimate of drug-likeness (QED) is 0.616. The Hall–Kier alpha value is -2.35. The van der Waals surface area contributed by atoms with E-state index in [1.54, 1.807) is 17.0 Å². The highest BCUT2D eigenvalue weighted by Crippen LogP contribution is 2.31. The third-order valence-electron chi connectivity index (χ3n) is 3.99. The molecule has 2 heterocycles. The number of fused-ring (bicyclic) bond motifs is 1. The molecule has 1 aromatic carbocycles. The number of nitrogens with zero attached hydrogens (tertiary/aromatic N) is 3. The van der Waals surface area contributed by atoms with Crippen LogP contribution in [0.1, 0.15) is 5.56 Å². The number of carbonyl (C=O) groups is 1. The molecule has 3 rings (SSSR count). The molecule has 0 saturated carbocycles. The van der Waals surface area contributed by atoms with E-state index < -0.39 is 4.92 Å². The first kappa shape index (κ1) is 13.6. The van der Waals surface area contributed by atoms with E-state index in [-0.39, 0.29) is 24.4 Å². The second-order valence-electron chi connectivity index (χ2n) is 5.22. The molecular weight excluding hydrogens is 276 g/mol. The minimum absolute atomic E-state index is 0.00715. The predicted molar refractivity (Wildman–Crippen MR) is 75.1 cm³/mol. The number of anilines is 1. The molecule has 2 N–H and O–H groups in total. The number of rotatable bonds is 3. The van der Waals surface area contributed by atoms with E-state index in [0.29, 0.717) is 37.4 Å². The number of benzene rings is 1. The number of carbonyl (C=O) groups excluding carboxylic acids is 1. The third kappa shape index (κ3) is 2.38. The number of nitro groups is 1. The number of amides is 2. The standard InChI is InChI=1S/C13H16N4O4/c18-8-9-1-2-11(12(5-9)17(20)21)15-3-4-16-10(7-15)6-14-13(16)19/h1-2,5,10,18H,3-4,6-8H2,(H,14,19). The summed E-state index contributed by atoms with van der Waals surface area (Å²) < 4.78 is 0. The van der Waals surface area contributed by atoms with Gasteiger partial charge in [-0.1, -0.05) is 6.07 Å². The van der Waals surface area contributed by atoms with Gasteiger partial charge >= 0.3 is 6.03 Å². The molecule has 1 atom stereocenters. The number of aliphatic hydroxyl groups excluding tert-OH is 1. The Morgan fingerprint density at radius 3 is 2.95 bits per heavy atom. The van der Waals surface area contributed by atoms with Gasteiger partial charge in [-0.05, 0) is 11.6 Å². The van der Waals surface area contributed by atoms with Crippen LogP contribution in [0.15, 0.2) is 18.2 Å². The lowest BCUT2D eigenvalue weighted by atomic mass is 10.1. The molecule has 8 nitrogen and oxygen atoms in total. The molecule has 8 heteroatoms. The molecule has 2 aliphatic heterocycles. The van der Waals surface area contributed by atoms with E-state index in [1.165, 1.54) is 6.07 Å². The zero-order valence-corrected chi connectivity index (χ0v) is 11.4. The lowest BCUT2D eigenvalue weighted by Crippen LogP contribution is -2.52. The van der Waals surface area contributed by atoms with E-state index in [9.17, 15) is 14.9 Å². The summed E-state index contributed by atoms with van der Waals surface area (Å²) in [5.74, 6) is 0. The van der Waals surface area contributed by atoms with E-state index in [0.717, 1.165) is 0 Å². The monoisotopic (exact) mass is 292 g/mol. The van der Waals surface area contributed by atoms with Gasteiger partial charge in [0.05, 0.1) is 17.6 Å². The van der Waals surface area contributed by atoms with Crippen molar-refractivity contribution in [1.29, 1.82) is 0 Å². The summed E-state index contributed by atoms with van der Waals surface area (Å²) in [7, 11) is 0. The summed E-state index contributed by atoms with van der Waals surface area (Å²) in [5, 5.41) is 23.1. The van der Waals surface area contributed by atoms with Gasteiger partial charge in [-0.3, -0.25) is 10.1 Å². The summed E-state index contributed by atoms with van der Waals surface area (Å²) in [4.78, 5) is 26.1. The van der Waals surface area contributed by atoms with Gasteiger partial charge in [0, 0.05) is 32.2 Å². The molecule has 2 aliphatic rings. The van der Waals surface area contributed by atoms with E-state index in [4.69, 9.17) is 5.11 Å². The molecule has 0 bridgehead atoms. The largest absolute Gasteiger partial charge is 0.392 e. The zero-order chi connectivity index (χ0) is 15.0. The molecule has 112 valence electrons. The SMILES string of the molecule is O=C1NCC2CN(c3ccc(CO)cc3[N+](=O)[O-])CCN12. The topological polar surface area (TPSA) is 99.0 Å². The second kappa shape index (κ2) is 5.21. The van der Waals surface area contributed by atoms with Crippen LogP contribution in [0.4, 0.5) is 16.2 Å². The van der Waals surface area contributed by atoms with Crippen molar-refractivity contribution in [2.45, 2.75) is 12.6 Å². The van der Waals surface area contributed by atoms with Gasteiger partial charge in [0.25, 0.3) is 5.69 Å². The van der Waals surface area contributed by atoms with Crippen LogP contribution in [0.2, 0.25) is 0 Å². The summed E-state index contributed by atoms with van der Waals surface area (Å²) >= 11 is 0. The third-order valence-corrected chi connectivity index (χ3v) is 3.99. The van der Waals surface area contributed by atoms with Gasteiger partial charge in [-0.2, -0.15) is 0 Å². The van der Waals surface area contributed by atoms with E-state index >= 15 is 0 Å². The summed E-state index contributed by atoms with van der Waals surface area (Å²) in [5.41, 5.74) is 1.05. The fourth-order valence-corrected chi connectivity index (χ4v) is 2.90. The lowest BCUT2D eigenvalue weighted by Gasteiger charge is -2.37. The molecule has 1 unspecified atom stereocenters. The Bertz CT molecular complexity index is 592. The Kier molecular flexibility index (Phi) is 3.38. The lowest BCUT2D eigenvalue weighted by molar-refractivity contribution is -0.384. The maximum Gasteiger partial charge on any atom is 0.317 e. The maximum atomic E-state index is 11.6. The summed E-state index contributed by atoms with van der Waals surface area (Å²) in [6.45, 7) is 2.02. The van der Waals surface area contributed by atoms with Crippen molar-refractivity contribution in [3.05, 3.63) is 33.9 Å².